The van der Waals surface area contributed by atoms with Crippen LogP contribution in [-0.2, 0) is 6.54 Å². The number of anilines is 2. The van der Waals surface area contributed by atoms with E-state index in [9.17, 15) is 4.79 Å². The number of fused-ring (bicyclic) bond motifs is 1. The van der Waals surface area contributed by atoms with E-state index in [1.165, 1.54) is 12.8 Å². The minimum absolute atomic E-state index is 0.203. The number of hydrogen-bond donors (Lipinski definition) is 2. The van der Waals surface area contributed by atoms with Crippen molar-refractivity contribution in [1.29, 1.82) is 0 Å². The number of carbonyl (C=O) groups is 1. The van der Waals surface area contributed by atoms with Gasteiger partial charge in [0.15, 0.2) is 11.5 Å². The van der Waals surface area contributed by atoms with Crippen LogP contribution in [0.15, 0.2) is 24.3 Å². The Morgan fingerprint density at radius 2 is 1.96 bits per heavy atom. The monoisotopic (exact) mass is 355 g/mol. The number of nitrogens with zero attached hydrogens (tertiary/aromatic N) is 3. The molecular weight excluding hydrogens is 334 g/mol. The van der Waals surface area contributed by atoms with Crippen LogP contribution in [0.2, 0.25) is 0 Å². The molecule has 1 fully saturated rings. The van der Waals surface area contributed by atoms with Gasteiger partial charge in [-0.15, -0.1) is 0 Å². The largest absolute Gasteiger partial charge is 0.454 e. The molecule has 8 heteroatoms. The molecule has 4 rings (SSSR count). The van der Waals surface area contributed by atoms with Crippen molar-refractivity contribution in [3.8, 4) is 11.5 Å². The standard InChI is InChI=1S/C18H21N5O3/c1-12-8-17(23-6-2-3-7-23)22-16(20-12)10-19-18(24)21-13-4-5-14-15(9-13)26-11-25-14/h4-5,8-9H,2-3,6-7,10-11H2,1H3,(H2,19,21,24). The van der Waals surface area contributed by atoms with E-state index in [1.54, 1.807) is 18.2 Å². The third kappa shape index (κ3) is 3.63. The Kier molecular flexibility index (Phi) is 4.47. The zero-order valence-corrected chi connectivity index (χ0v) is 14.6. The molecule has 3 heterocycles. The number of urea groups is 1. The number of rotatable bonds is 4. The highest BCUT2D eigenvalue weighted by atomic mass is 16.7. The molecule has 2 aliphatic rings. The van der Waals surface area contributed by atoms with Crippen molar-refractivity contribution in [2.45, 2.75) is 26.3 Å². The van der Waals surface area contributed by atoms with Crippen LogP contribution in [0.3, 0.4) is 0 Å². The first-order valence-electron chi connectivity index (χ1n) is 8.71. The van der Waals surface area contributed by atoms with Gasteiger partial charge in [-0.25, -0.2) is 14.8 Å². The van der Waals surface area contributed by atoms with Crippen LogP contribution >= 0.6 is 0 Å². The maximum absolute atomic E-state index is 12.2. The average molecular weight is 355 g/mol. The lowest BCUT2D eigenvalue weighted by Gasteiger charge is -2.17. The van der Waals surface area contributed by atoms with E-state index < -0.39 is 0 Å². The lowest BCUT2D eigenvalue weighted by Crippen LogP contribution is -2.29. The Labute approximate surface area is 151 Å². The van der Waals surface area contributed by atoms with Crippen LogP contribution in [0.1, 0.15) is 24.4 Å². The van der Waals surface area contributed by atoms with Gasteiger partial charge in [-0.2, -0.15) is 0 Å². The van der Waals surface area contributed by atoms with Gasteiger partial charge in [0, 0.05) is 36.6 Å². The van der Waals surface area contributed by atoms with Gasteiger partial charge in [-0.3, -0.25) is 0 Å². The smallest absolute Gasteiger partial charge is 0.319 e. The summed E-state index contributed by atoms with van der Waals surface area (Å²) < 4.78 is 10.6. The highest BCUT2D eigenvalue weighted by Gasteiger charge is 2.16. The third-order valence-corrected chi connectivity index (χ3v) is 4.35. The van der Waals surface area contributed by atoms with E-state index >= 15 is 0 Å². The molecule has 0 spiro atoms. The van der Waals surface area contributed by atoms with Crippen molar-refractivity contribution in [1.82, 2.24) is 15.3 Å². The molecule has 0 unspecified atom stereocenters. The molecule has 2 aliphatic heterocycles. The lowest BCUT2D eigenvalue weighted by molar-refractivity contribution is 0.174. The summed E-state index contributed by atoms with van der Waals surface area (Å²) in [5, 5.41) is 5.57. The van der Waals surface area contributed by atoms with E-state index in [-0.39, 0.29) is 19.4 Å². The van der Waals surface area contributed by atoms with Crippen molar-refractivity contribution < 1.29 is 14.3 Å². The Morgan fingerprint density at radius 3 is 2.81 bits per heavy atom. The normalized spacial score (nSPS) is 15.2. The first-order valence-corrected chi connectivity index (χ1v) is 8.71. The molecular formula is C18H21N5O3. The Balaban J connectivity index is 1.36. The number of hydrogen-bond acceptors (Lipinski definition) is 6. The fourth-order valence-corrected chi connectivity index (χ4v) is 3.11. The highest BCUT2D eigenvalue weighted by Crippen LogP contribution is 2.34. The maximum Gasteiger partial charge on any atom is 0.319 e. The fourth-order valence-electron chi connectivity index (χ4n) is 3.11. The lowest BCUT2D eigenvalue weighted by atomic mass is 10.3. The van der Waals surface area contributed by atoms with Gasteiger partial charge in [0.2, 0.25) is 6.79 Å². The molecule has 0 saturated carbocycles. The molecule has 2 N–H and O–H groups in total. The van der Waals surface area contributed by atoms with Crippen molar-refractivity contribution >= 4 is 17.5 Å². The van der Waals surface area contributed by atoms with Crippen molar-refractivity contribution in [2.75, 3.05) is 30.1 Å². The molecule has 0 atom stereocenters. The quantitative estimate of drug-likeness (QED) is 0.876. The molecule has 0 bridgehead atoms. The van der Waals surface area contributed by atoms with Gasteiger partial charge in [0.25, 0.3) is 0 Å². The number of amides is 2. The van der Waals surface area contributed by atoms with Crippen LogP contribution in [0.25, 0.3) is 0 Å². The zero-order chi connectivity index (χ0) is 17.9. The first-order chi connectivity index (χ1) is 12.7. The molecule has 1 saturated heterocycles. The van der Waals surface area contributed by atoms with Gasteiger partial charge >= 0.3 is 6.03 Å². The van der Waals surface area contributed by atoms with E-state index in [0.29, 0.717) is 23.0 Å². The molecule has 1 aromatic carbocycles. The number of benzene rings is 1. The summed E-state index contributed by atoms with van der Waals surface area (Å²) in [5.74, 6) is 2.84. The molecule has 2 aromatic rings. The summed E-state index contributed by atoms with van der Waals surface area (Å²) in [4.78, 5) is 23.4. The summed E-state index contributed by atoms with van der Waals surface area (Å²) in [7, 11) is 0. The predicted molar refractivity (Wildman–Crippen MR) is 96.6 cm³/mol. The van der Waals surface area contributed by atoms with Crippen molar-refractivity contribution in [3.63, 3.8) is 0 Å². The number of nitrogens with one attached hydrogen (secondary N) is 2. The van der Waals surface area contributed by atoms with Crippen molar-refractivity contribution in [2.24, 2.45) is 0 Å². The number of ether oxygens (including phenoxy) is 2. The minimum Gasteiger partial charge on any atom is -0.454 e. The first kappa shape index (κ1) is 16.4. The van der Waals surface area contributed by atoms with Gasteiger partial charge in [-0.05, 0) is 31.9 Å². The Morgan fingerprint density at radius 1 is 1.15 bits per heavy atom. The minimum atomic E-state index is -0.323. The topological polar surface area (TPSA) is 88.6 Å². The summed E-state index contributed by atoms with van der Waals surface area (Å²) >= 11 is 0. The van der Waals surface area contributed by atoms with Crippen LogP contribution in [0, 0.1) is 6.92 Å². The van der Waals surface area contributed by atoms with E-state index in [0.717, 1.165) is 24.6 Å². The Bertz CT molecular complexity index is 820. The SMILES string of the molecule is Cc1cc(N2CCCC2)nc(CNC(=O)Nc2ccc3c(c2)OCO3)n1. The van der Waals surface area contributed by atoms with Crippen LogP contribution < -0.4 is 25.0 Å². The van der Waals surface area contributed by atoms with Crippen LogP contribution in [-0.4, -0.2) is 35.9 Å². The summed E-state index contributed by atoms with van der Waals surface area (Å²) in [6, 6.07) is 6.93. The second kappa shape index (κ2) is 7.07. The average Bonchev–Trinajstić information content (AvgIpc) is 3.31. The second-order valence-corrected chi connectivity index (χ2v) is 6.35. The van der Waals surface area contributed by atoms with Gasteiger partial charge < -0.3 is 25.0 Å². The molecule has 0 radical (unpaired) electrons. The molecule has 0 aliphatic carbocycles. The summed E-state index contributed by atoms with van der Waals surface area (Å²) in [6.45, 7) is 4.45. The van der Waals surface area contributed by atoms with Crippen molar-refractivity contribution in [3.05, 3.63) is 35.8 Å². The fraction of sp³-hybridized carbons (Fsp3) is 0.389. The maximum atomic E-state index is 12.2. The van der Waals surface area contributed by atoms with Gasteiger partial charge in [0.05, 0.1) is 6.54 Å². The van der Waals surface area contributed by atoms with Crippen LogP contribution in [0.4, 0.5) is 16.3 Å². The number of aromatic nitrogens is 2. The third-order valence-electron chi connectivity index (χ3n) is 4.35. The Hall–Kier alpha value is -3.03. The summed E-state index contributed by atoms with van der Waals surface area (Å²) in [6.07, 6.45) is 2.38. The summed E-state index contributed by atoms with van der Waals surface area (Å²) in [5.41, 5.74) is 1.53. The van der Waals surface area contributed by atoms with E-state index in [4.69, 9.17) is 9.47 Å². The molecule has 136 valence electrons. The molecule has 1 aromatic heterocycles. The zero-order valence-electron chi connectivity index (χ0n) is 14.6. The molecule has 2 amide bonds. The predicted octanol–water partition coefficient (Wildman–Crippen LogP) is 2.44. The van der Waals surface area contributed by atoms with Gasteiger partial charge in [-0.1, -0.05) is 0 Å². The highest BCUT2D eigenvalue weighted by molar-refractivity contribution is 5.89. The van der Waals surface area contributed by atoms with Crippen LogP contribution in [0.5, 0.6) is 11.5 Å². The van der Waals surface area contributed by atoms with Gasteiger partial charge in [0.1, 0.15) is 11.6 Å². The molecule has 26 heavy (non-hydrogen) atoms. The number of aryl methyl sites for hydroxylation is 1. The number of carbonyl (C=O) groups excluding carboxylic acids is 1. The van der Waals surface area contributed by atoms with E-state index in [2.05, 4.69) is 25.5 Å². The second-order valence-electron chi connectivity index (χ2n) is 6.35. The molecule has 8 nitrogen and oxygen atoms in total. The van der Waals surface area contributed by atoms with E-state index in [1.807, 2.05) is 13.0 Å².